The number of nitrogens with zero attached hydrogens (tertiary/aromatic N) is 2. The molecule has 0 aliphatic carbocycles. The van der Waals surface area contributed by atoms with E-state index in [9.17, 15) is 4.79 Å². The number of pyridine rings is 1. The van der Waals surface area contributed by atoms with Crippen LogP contribution in [0.15, 0.2) is 47.8 Å². The number of nitrogens with one attached hydrogen (secondary N) is 1. The number of amides is 1. The number of carbonyl (C=O) groups excluding carboxylic acids is 1. The Hall–Kier alpha value is -3.09. The lowest BCUT2D eigenvalue weighted by molar-refractivity contribution is -0.131. The summed E-state index contributed by atoms with van der Waals surface area (Å²) < 4.78 is 10.7. The van der Waals surface area contributed by atoms with Crippen LogP contribution in [0.1, 0.15) is 17.7 Å². The fraction of sp³-hybridized carbons (Fsp3) is 0.278. The minimum atomic E-state index is -0.672. The van der Waals surface area contributed by atoms with Crippen LogP contribution in [-0.2, 0) is 16.2 Å². The zero-order valence-electron chi connectivity index (χ0n) is 14.1. The van der Waals surface area contributed by atoms with Gasteiger partial charge >= 0.3 is 0 Å². The molecule has 1 aromatic carbocycles. The maximum absolute atomic E-state index is 12.3. The van der Waals surface area contributed by atoms with Crippen LogP contribution in [0.2, 0.25) is 0 Å². The molecule has 130 valence electrons. The molecular formula is C18H19N3O4. The van der Waals surface area contributed by atoms with E-state index < -0.39 is 6.10 Å². The predicted molar refractivity (Wildman–Crippen MR) is 91.7 cm³/mol. The Bertz CT molecular complexity index is 777. The van der Waals surface area contributed by atoms with E-state index in [-0.39, 0.29) is 5.91 Å². The third kappa shape index (κ3) is 3.71. The average Bonchev–Trinajstić information content (AvgIpc) is 3.16. The van der Waals surface area contributed by atoms with E-state index in [4.69, 9.17) is 14.3 Å². The Kier molecular flexibility index (Phi) is 5.13. The van der Waals surface area contributed by atoms with Gasteiger partial charge in [-0.2, -0.15) is 0 Å². The molecule has 1 N–H and O–H groups in total. The largest absolute Gasteiger partial charge is 0.493 e. The first kappa shape index (κ1) is 16.8. The molecule has 0 fully saturated rings. The third-order valence-electron chi connectivity index (χ3n) is 3.85. The molecule has 2 heterocycles. The fourth-order valence-corrected chi connectivity index (χ4v) is 2.59. The van der Waals surface area contributed by atoms with E-state index in [0.29, 0.717) is 30.2 Å². The Morgan fingerprint density at radius 1 is 1.24 bits per heavy atom. The van der Waals surface area contributed by atoms with Gasteiger partial charge in [-0.15, -0.1) is 0 Å². The summed E-state index contributed by atoms with van der Waals surface area (Å²) in [6, 6.07) is 11.0. The molecule has 0 unspecified atom stereocenters. The zero-order chi connectivity index (χ0) is 17.6. The molecule has 0 bridgehead atoms. The summed E-state index contributed by atoms with van der Waals surface area (Å²) in [6.07, 6.45) is 1.37. The van der Waals surface area contributed by atoms with E-state index in [1.54, 1.807) is 26.5 Å². The van der Waals surface area contributed by atoms with Crippen LogP contribution in [0.5, 0.6) is 11.5 Å². The predicted octanol–water partition coefficient (Wildman–Crippen LogP) is 1.91. The molecule has 1 aromatic heterocycles. The van der Waals surface area contributed by atoms with Crippen molar-refractivity contribution in [3.63, 3.8) is 0 Å². The summed E-state index contributed by atoms with van der Waals surface area (Å²) in [7, 11) is 3.14. The topological polar surface area (TPSA) is 82.0 Å². The maximum atomic E-state index is 12.3. The fourth-order valence-electron chi connectivity index (χ4n) is 2.59. The van der Waals surface area contributed by atoms with Gasteiger partial charge in [0, 0.05) is 18.2 Å². The average molecular weight is 341 g/mol. The maximum Gasteiger partial charge on any atom is 0.264 e. The van der Waals surface area contributed by atoms with Crippen molar-refractivity contribution < 1.29 is 19.1 Å². The molecule has 1 amide bonds. The van der Waals surface area contributed by atoms with Gasteiger partial charge in [0.15, 0.2) is 11.5 Å². The Morgan fingerprint density at radius 2 is 2.12 bits per heavy atom. The molecule has 7 nitrogen and oxygen atoms in total. The second-order valence-corrected chi connectivity index (χ2v) is 5.42. The lowest BCUT2D eigenvalue weighted by Gasteiger charge is -2.12. The number of hydrogen-bond acceptors (Lipinski definition) is 6. The summed E-state index contributed by atoms with van der Waals surface area (Å²) >= 11 is 0. The Balaban J connectivity index is 1.64. The number of benzene rings is 1. The van der Waals surface area contributed by atoms with Crippen molar-refractivity contribution >= 4 is 11.6 Å². The second-order valence-electron chi connectivity index (χ2n) is 5.42. The van der Waals surface area contributed by atoms with E-state index in [2.05, 4.69) is 15.5 Å². The normalized spacial score (nSPS) is 15.9. The summed E-state index contributed by atoms with van der Waals surface area (Å²) in [5.41, 5.74) is 2.18. The van der Waals surface area contributed by atoms with Crippen LogP contribution < -0.4 is 14.8 Å². The number of hydrogen-bond donors (Lipinski definition) is 1. The van der Waals surface area contributed by atoms with Crippen molar-refractivity contribution in [2.75, 3.05) is 14.2 Å². The number of oxime groups is 1. The summed E-state index contributed by atoms with van der Waals surface area (Å²) in [5, 5.41) is 6.86. The molecule has 2 aromatic rings. The van der Waals surface area contributed by atoms with Crippen LogP contribution in [0.3, 0.4) is 0 Å². The summed E-state index contributed by atoms with van der Waals surface area (Å²) in [4.78, 5) is 21.7. The third-order valence-corrected chi connectivity index (χ3v) is 3.85. The first-order chi connectivity index (χ1) is 12.2. The number of para-hydroxylation sites is 1. The van der Waals surface area contributed by atoms with Crippen LogP contribution in [0, 0.1) is 0 Å². The first-order valence-electron chi connectivity index (χ1n) is 7.84. The molecule has 0 radical (unpaired) electrons. The van der Waals surface area contributed by atoms with Gasteiger partial charge in [-0.05, 0) is 24.3 Å². The number of rotatable bonds is 6. The number of methoxy groups -OCH3 is 2. The van der Waals surface area contributed by atoms with Gasteiger partial charge in [0.2, 0.25) is 6.10 Å². The van der Waals surface area contributed by atoms with E-state index in [0.717, 1.165) is 11.3 Å². The number of ether oxygens (including phenoxy) is 2. The molecule has 1 aliphatic rings. The standard InChI is InChI=1S/C18H19N3O4/c1-23-15-8-5-7-13(17(15)24-2)14-10-16(25-21-14)18(22)20-11-12-6-3-4-9-19-12/h3-9,16H,10-11H2,1-2H3,(H,20,22)/t16-/m0/s1. The number of aromatic nitrogens is 1. The minimum absolute atomic E-state index is 0.230. The van der Waals surface area contributed by atoms with Gasteiger partial charge in [0.05, 0.1) is 32.2 Å². The van der Waals surface area contributed by atoms with Gasteiger partial charge in [-0.25, -0.2) is 0 Å². The van der Waals surface area contributed by atoms with Gasteiger partial charge in [-0.1, -0.05) is 17.3 Å². The Morgan fingerprint density at radius 3 is 2.84 bits per heavy atom. The lowest BCUT2D eigenvalue weighted by Crippen LogP contribution is -2.34. The highest BCUT2D eigenvalue weighted by atomic mass is 16.6. The molecule has 0 saturated carbocycles. The molecule has 25 heavy (non-hydrogen) atoms. The first-order valence-corrected chi connectivity index (χ1v) is 7.84. The molecule has 7 heteroatoms. The van der Waals surface area contributed by atoms with Crippen LogP contribution in [-0.4, -0.2) is 36.9 Å². The number of carbonyl (C=O) groups is 1. The van der Waals surface area contributed by atoms with E-state index >= 15 is 0 Å². The summed E-state index contributed by atoms with van der Waals surface area (Å²) in [6.45, 7) is 0.345. The SMILES string of the molecule is COc1cccc(C2=NO[C@H](C(=O)NCc3ccccn3)C2)c1OC. The quantitative estimate of drug-likeness (QED) is 0.868. The Labute approximate surface area is 145 Å². The van der Waals surface area contributed by atoms with Crippen LogP contribution in [0.4, 0.5) is 0 Å². The highest BCUT2D eigenvalue weighted by Crippen LogP contribution is 2.33. The monoisotopic (exact) mass is 341 g/mol. The van der Waals surface area contributed by atoms with Crippen molar-refractivity contribution in [3.05, 3.63) is 53.9 Å². The van der Waals surface area contributed by atoms with Gasteiger partial charge in [0.25, 0.3) is 5.91 Å². The molecule has 1 atom stereocenters. The zero-order valence-corrected chi connectivity index (χ0v) is 14.1. The van der Waals surface area contributed by atoms with Crippen LogP contribution in [0.25, 0.3) is 0 Å². The highest BCUT2D eigenvalue weighted by Gasteiger charge is 2.30. The molecule has 0 spiro atoms. The van der Waals surface area contributed by atoms with Gasteiger partial charge in [-0.3, -0.25) is 9.78 Å². The minimum Gasteiger partial charge on any atom is -0.493 e. The molecule has 0 saturated heterocycles. The smallest absolute Gasteiger partial charge is 0.264 e. The summed E-state index contributed by atoms with van der Waals surface area (Å²) in [5.74, 6) is 0.943. The highest BCUT2D eigenvalue weighted by molar-refractivity contribution is 6.06. The van der Waals surface area contributed by atoms with Gasteiger partial charge < -0.3 is 19.6 Å². The molecule has 3 rings (SSSR count). The molecular weight excluding hydrogens is 322 g/mol. The van der Waals surface area contributed by atoms with Crippen molar-refractivity contribution in [1.82, 2.24) is 10.3 Å². The second kappa shape index (κ2) is 7.65. The lowest BCUT2D eigenvalue weighted by atomic mass is 10.0. The van der Waals surface area contributed by atoms with E-state index in [1.165, 1.54) is 0 Å². The van der Waals surface area contributed by atoms with Crippen molar-refractivity contribution in [1.29, 1.82) is 0 Å². The van der Waals surface area contributed by atoms with Gasteiger partial charge in [0.1, 0.15) is 0 Å². The molecule has 1 aliphatic heterocycles. The van der Waals surface area contributed by atoms with E-state index in [1.807, 2.05) is 30.3 Å². The van der Waals surface area contributed by atoms with Crippen molar-refractivity contribution in [3.8, 4) is 11.5 Å². The van der Waals surface area contributed by atoms with Crippen molar-refractivity contribution in [2.45, 2.75) is 19.1 Å². The van der Waals surface area contributed by atoms with Crippen LogP contribution >= 0.6 is 0 Å². The van der Waals surface area contributed by atoms with Crippen molar-refractivity contribution in [2.24, 2.45) is 5.16 Å².